The van der Waals surface area contributed by atoms with E-state index in [-0.39, 0.29) is 69.6 Å². The van der Waals surface area contributed by atoms with Crippen LogP contribution in [0.25, 0.3) is 0 Å². The van der Waals surface area contributed by atoms with Crippen LogP contribution in [0.3, 0.4) is 0 Å². The van der Waals surface area contributed by atoms with Gasteiger partial charge in [-0.05, 0) is 221 Å². The van der Waals surface area contributed by atoms with Gasteiger partial charge in [0.15, 0.2) is 0 Å². The minimum atomic E-state index is -0.309. The molecule has 0 unspecified atom stereocenters. The summed E-state index contributed by atoms with van der Waals surface area (Å²) in [6, 6.07) is 0.252. The molecule has 0 aromatic heterocycles. The van der Waals surface area contributed by atoms with E-state index < -0.39 is 0 Å². The fraction of sp³-hybridized carbons (Fsp3) is 0.929. The van der Waals surface area contributed by atoms with Gasteiger partial charge in [0.25, 0.3) is 0 Å². The van der Waals surface area contributed by atoms with Gasteiger partial charge in [-0.1, -0.05) is 41.5 Å². The van der Waals surface area contributed by atoms with Crippen LogP contribution >= 0.6 is 0 Å². The largest absolute Gasteiger partial charge is 0.393 e. The van der Waals surface area contributed by atoms with Crippen LogP contribution in [-0.2, 0) is 19.2 Å². The molecule has 13 aliphatic rings. The summed E-state index contributed by atoms with van der Waals surface area (Å²) in [7, 11) is 0. The summed E-state index contributed by atoms with van der Waals surface area (Å²) in [6.07, 6.45) is 21.2. The number of hydrogen-bond acceptors (Lipinski definition) is 6. The summed E-state index contributed by atoms with van der Waals surface area (Å²) >= 11 is 0. The van der Waals surface area contributed by atoms with Crippen molar-refractivity contribution in [2.24, 2.45) is 92.7 Å². The van der Waals surface area contributed by atoms with Gasteiger partial charge >= 0.3 is 0 Å². The highest BCUT2D eigenvalue weighted by molar-refractivity contribution is 5.79. The van der Waals surface area contributed by atoms with Crippen LogP contribution in [0.4, 0.5) is 0 Å². The minimum absolute atomic E-state index is 0.0510. The molecule has 4 amide bonds. The van der Waals surface area contributed by atoms with E-state index in [9.17, 15) is 29.4 Å². The summed E-state index contributed by atoms with van der Waals surface area (Å²) < 4.78 is 0. The molecule has 13 fully saturated rings. The lowest BCUT2D eigenvalue weighted by Gasteiger charge is -2.62. The molecule has 0 aromatic carbocycles. The van der Waals surface area contributed by atoms with Crippen molar-refractivity contribution in [2.45, 2.75) is 220 Å². The van der Waals surface area contributed by atoms with Crippen molar-refractivity contribution >= 4 is 23.6 Å². The number of amides is 4. The lowest BCUT2D eigenvalue weighted by atomic mass is 9.43. The Morgan fingerprint density at radius 3 is 1.23 bits per heavy atom. The van der Waals surface area contributed by atoms with E-state index in [1.54, 1.807) is 0 Å². The Balaban J connectivity index is 0.846. The molecule has 372 valence electrons. The highest BCUT2D eigenvalue weighted by atomic mass is 16.3. The number of hydrogen-bond donors (Lipinski definition) is 6. The van der Waals surface area contributed by atoms with E-state index in [0.29, 0.717) is 116 Å². The zero-order valence-corrected chi connectivity index (χ0v) is 42.1. The van der Waals surface area contributed by atoms with E-state index in [0.717, 1.165) is 83.5 Å². The van der Waals surface area contributed by atoms with Gasteiger partial charge in [-0.3, -0.25) is 19.2 Å². The fourth-order valence-electron chi connectivity index (χ4n) is 19.5. The van der Waals surface area contributed by atoms with Crippen molar-refractivity contribution in [3.8, 4) is 0 Å². The predicted octanol–water partition coefficient (Wildman–Crippen LogP) is 8.85. The number of nitrogens with one attached hydrogen (secondary N) is 4. The van der Waals surface area contributed by atoms with Gasteiger partial charge in [0, 0.05) is 50.9 Å². The first-order valence-corrected chi connectivity index (χ1v) is 27.9. The Morgan fingerprint density at radius 1 is 0.424 bits per heavy atom. The molecule has 20 atom stereocenters. The van der Waals surface area contributed by atoms with Gasteiger partial charge in [-0.2, -0.15) is 0 Å². The van der Waals surface area contributed by atoms with E-state index in [1.807, 2.05) is 0 Å². The fourth-order valence-corrected chi connectivity index (χ4v) is 19.5. The molecule has 5 heterocycles. The molecule has 8 aliphatic carbocycles. The summed E-state index contributed by atoms with van der Waals surface area (Å²) in [5, 5.41) is 37.1. The molecular weight excluding hydrogens is 825 g/mol. The Bertz CT molecular complexity index is 1670. The maximum atomic E-state index is 13.4. The maximum absolute atomic E-state index is 13.4. The molecule has 5 aliphatic heterocycles. The van der Waals surface area contributed by atoms with Crippen LogP contribution in [0, 0.1) is 92.7 Å². The Kier molecular flexibility index (Phi) is 14.2. The molecule has 0 radical (unpaired) electrons. The van der Waals surface area contributed by atoms with Gasteiger partial charge in [0.05, 0.1) is 12.2 Å². The Hall–Kier alpha value is -2.20. The van der Waals surface area contributed by atoms with Crippen molar-refractivity contribution in [1.29, 1.82) is 0 Å². The van der Waals surface area contributed by atoms with Gasteiger partial charge in [0.2, 0.25) is 23.6 Å². The van der Waals surface area contributed by atoms with E-state index in [4.69, 9.17) is 0 Å². The molecule has 16 bridgehead atoms. The molecule has 66 heavy (non-hydrogen) atoms. The predicted molar refractivity (Wildman–Crippen MR) is 258 cm³/mol. The number of rotatable bonds is 0. The smallest absolute Gasteiger partial charge is 0.220 e. The molecule has 5 saturated heterocycles. The van der Waals surface area contributed by atoms with Crippen molar-refractivity contribution in [1.82, 2.24) is 21.3 Å². The van der Waals surface area contributed by atoms with Crippen LogP contribution in [0.5, 0.6) is 0 Å². The first-order valence-electron chi connectivity index (χ1n) is 27.9. The highest BCUT2D eigenvalue weighted by Crippen LogP contribution is 2.70. The standard InChI is InChI=1S/C56H92N4O6/c1-33-11-17-47(63)57-27-8-28-58-48(64)18-12-34(2)40-14-16-42-52-44(22-26-56(40,42)6)54(4)24-20-38(30-36(54)32-46(52)62)60-50(66)10-7-9-49(65)59-37-19-23-53(3)35(29-37)31-45(61)51-41-15-13-39(33)55(41,5)25-21-43(51)53/h33-46,51-52,61-62H,7-32H2,1-6H3,(H,57,63)(H,58,64)(H,59,65)(H,60,66)/t33-,34-,35+,36+,37-,38-,39-,40-,41+,42+,43+,44+,45+,46+,51+,52+,53+,54+,55-,56-/m1/s1. The second-order valence-electron chi connectivity index (χ2n) is 26.1. The third-order valence-corrected chi connectivity index (χ3v) is 23.1. The second kappa shape index (κ2) is 19.2. The molecule has 0 aromatic rings. The van der Waals surface area contributed by atoms with E-state index in [1.165, 1.54) is 38.5 Å². The van der Waals surface area contributed by atoms with Crippen molar-refractivity contribution < 1.29 is 29.4 Å². The topological polar surface area (TPSA) is 157 Å². The maximum Gasteiger partial charge on any atom is 0.220 e. The lowest BCUT2D eigenvalue weighted by Crippen LogP contribution is -2.59. The van der Waals surface area contributed by atoms with Crippen LogP contribution in [-0.4, -0.2) is 71.2 Å². The lowest BCUT2D eigenvalue weighted by molar-refractivity contribution is -0.167. The van der Waals surface area contributed by atoms with Crippen molar-refractivity contribution in [3.63, 3.8) is 0 Å². The summed E-state index contributed by atoms with van der Waals surface area (Å²) in [6.45, 7) is 15.9. The van der Waals surface area contributed by atoms with Crippen LogP contribution in [0.1, 0.15) is 196 Å². The normalized spacial score (nSPS) is 50.9. The molecule has 0 spiro atoms. The van der Waals surface area contributed by atoms with Crippen molar-refractivity contribution in [2.75, 3.05) is 13.1 Å². The van der Waals surface area contributed by atoms with Gasteiger partial charge in [0.1, 0.15) is 0 Å². The molecule has 10 heteroatoms. The zero-order valence-electron chi connectivity index (χ0n) is 42.1. The summed E-state index contributed by atoms with van der Waals surface area (Å²) in [5.74, 6) is 5.81. The number of aliphatic hydroxyl groups excluding tert-OH is 2. The summed E-state index contributed by atoms with van der Waals surface area (Å²) in [5.41, 5.74) is 0.720. The first kappa shape index (κ1) is 48.8. The van der Waals surface area contributed by atoms with Crippen LogP contribution < -0.4 is 21.3 Å². The molecule has 6 N–H and O–H groups in total. The van der Waals surface area contributed by atoms with Gasteiger partial charge in [-0.15, -0.1) is 0 Å². The summed E-state index contributed by atoms with van der Waals surface area (Å²) in [4.78, 5) is 52.9. The molecule has 13 rings (SSSR count). The second-order valence-corrected chi connectivity index (χ2v) is 26.1. The van der Waals surface area contributed by atoms with E-state index in [2.05, 4.69) is 62.8 Å². The first-order chi connectivity index (χ1) is 31.4. The minimum Gasteiger partial charge on any atom is -0.393 e. The number of carbonyl (C=O) groups excluding carboxylic acids is 4. The molecule has 8 saturated carbocycles. The Morgan fingerprint density at radius 2 is 0.803 bits per heavy atom. The third-order valence-electron chi connectivity index (χ3n) is 23.1. The average molecular weight is 917 g/mol. The Labute approximate surface area is 398 Å². The zero-order chi connectivity index (χ0) is 46.8. The highest BCUT2D eigenvalue weighted by Gasteiger charge is 2.65. The van der Waals surface area contributed by atoms with Crippen LogP contribution in [0.15, 0.2) is 0 Å². The van der Waals surface area contributed by atoms with E-state index >= 15 is 0 Å². The quantitative estimate of drug-likeness (QED) is 0.143. The van der Waals surface area contributed by atoms with Gasteiger partial charge in [-0.25, -0.2) is 0 Å². The van der Waals surface area contributed by atoms with Gasteiger partial charge < -0.3 is 31.5 Å². The third kappa shape index (κ3) is 8.95. The number of carbonyl (C=O) groups is 4. The monoisotopic (exact) mass is 917 g/mol. The molecule has 10 nitrogen and oxygen atoms in total. The number of aliphatic hydroxyl groups is 2. The average Bonchev–Trinajstić information content (AvgIpc) is 3.82. The van der Waals surface area contributed by atoms with Crippen molar-refractivity contribution in [3.05, 3.63) is 0 Å². The SMILES string of the molecule is C[C@@H]1CCC(=O)NCCCNC(=O)CC[C@@H](C)[C@H]2CC[C@H]3[C@@H]4[C@@H](O)C[C@@H]5C[C@@H](CC[C@]5(C)[C@H]4CC[C@]23C)NC(=O)CCCC(=O)N[C@@H]2CC[C@@]3(C)[C@@H](C2)C[C@H](O)[C@@H]2[C@@H]3CC[C@]3(C)[C@@H]1CC[C@@H]23. The van der Waals surface area contributed by atoms with Crippen LogP contribution in [0.2, 0.25) is 0 Å². The molecular formula is C56H92N4O6.